The molecule has 1 aliphatic heterocycles. The maximum atomic E-state index is 12.1. The summed E-state index contributed by atoms with van der Waals surface area (Å²) in [6.45, 7) is 0.629. The Balaban J connectivity index is 1.46. The first-order chi connectivity index (χ1) is 13.0. The van der Waals surface area contributed by atoms with E-state index in [2.05, 4.69) is 16.0 Å². The van der Waals surface area contributed by atoms with Crippen LogP contribution >= 0.6 is 11.8 Å². The molecule has 0 aliphatic carbocycles. The number of benzene rings is 2. The average Bonchev–Trinajstić information content (AvgIpc) is 2.66. The van der Waals surface area contributed by atoms with Gasteiger partial charge in [0.2, 0.25) is 11.8 Å². The SMILES string of the molecule is O=C(C[C@@H]1Sc2ccccc2NC1=O)NCCNc1ccccc1[N+](=O)[O-]. The summed E-state index contributed by atoms with van der Waals surface area (Å²) in [7, 11) is 0. The monoisotopic (exact) mass is 386 g/mol. The van der Waals surface area contributed by atoms with E-state index in [4.69, 9.17) is 0 Å². The minimum Gasteiger partial charge on any atom is -0.378 e. The molecule has 1 heterocycles. The normalized spacial score (nSPS) is 15.4. The topological polar surface area (TPSA) is 113 Å². The summed E-state index contributed by atoms with van der Waals surface area (Å²) >= 11 is 1.37. The molecule has 0 saturated heterocycles. The third-order valence-electron chi connectivity index (χ3n) is 3.94. The molecule has 3 N–H and O–H groups in total. The smallest absolute Gasteiger partial charge is 0.292 e. The standard InChI is InChI=1S/C18H18N4O4S/c23-17(11-16-18(24)21-13-6-2-4-8-15(13)27-16)20-10-9-19-12-5-1-3-7-14(12)22(25)26/h1-8,16,19H,9-11H2,(H,20,23)(H,21,24)/t16-/m0/s1. The number of carbonyl (C=O) groups excluding carboxylic acids is 2. The number of anilines is 2. The Morgan fingerprint density at radius 1 is 1.15 bits per heavy atom. The Morgan fingerprint density at radius 3 is 2.70 bits per heavy atom. The van der Waals surface area contributed by atoms with Gasteiger partial charge in [0.15, 0.2) is 0 Å². The maximum absolute atomic E-state index is 12.1. The Morgan fingerprint density at radius 2 is 1.89 bits per heavy atom. The highest BCUT2D eigenvalue weighted by atomic mass is 32.2. The summed E-state index contributed by atoms with van der Waals surface area (Å²) in [6.07, 6.45) is 0.0658. The summed E-state index contributed by atoms with van der Waals surface area (Å²) in [5.74, 6) is -0.432. The molecule has 3 rings (SSSR count). The summed E-state index contributed by atoms with van der Waals surface area (Å²) in [5, 5.41) is 18.9. The molecule has 0 saturated carbocycles. The molecule has 27 heavy (non-hydrogen) atoms. The van der Waals surface area contributed by atoms with Crippen LogP contribution in [0.2, 0.25) is 0 Å². The number of para-hydroxylation sites is 3. The molecule has 9 heteroatoms. The van der Waals surface area contributed by atoms with E-state index in [9.17, 15) is 19.7 Å². The first kappa shape index (κ1) is 18.7. The lowest BCUT2D eigenvalue weighted by atomic mass is 10.2. The number of hydrogen-bond acceptors (Lipinski definition) is 6. The van der Waals surface area contributed by atoms with Crippen molar-refractivity contribution in [3.05, 3.63) is 58.6 Å². The highest BCUT2D eigenvalue weighted by Crippen LogP contribution is 2.36. The van der Waals surface area contributed by atoms with Crippen molar-refractivity contribution in [3.8, 4) is 0 Å². The number of rotatable bonds is 7. The fourth-order valence-corrected chi connectivity index (χ4v) is 3.76. The van der Waals surface area contributed by atoms with Crippen molar-refractivity contribution in [2.75, 3.05) is 23.7 Å². The molecule has 0 radical (unpaired) electrons. The molecular formula is C18H18N4O4S. The molecule has 0 aromatic heterocycles. The van der Waals surface area contributed by atoms with Gasteiger partial charge in [-0.2, -0.15) is 0 Å². The van der Waals surface area contributed by atoms with Gasteiger partial charge < -0.3 is 16.0 Å². The molecule has 2 amide bonds. The number of nitrogens with zero attached hydrogens (tertiary/aromatic N) is 1. The molecule has 140 valence electrons. The number of nitrogens with one attached hydrogen (secondary N) is 3. The van der Waals surface area contributed by atoms with Gasteiger partial charge in [0.25, 0.3) is 5.69 Å². The van der Waals surface area contributed by atoms with Crippen LogP contribution in [-0.4, -0.2) is 35.1 Å². The van der Waals surface area contributed by atoms with Crippen molar-refractivity contribution < 1.29 is 14.5 Å². The van der Waals surface area contributed by atoms with E-state index < -0.39 is 10.2 Å². The molecule has 0 bridgehead atoms. The van der Waals surface area contributed by atoms with E-state index >= 15 is 0 Å². The number of amides is 2. The average molecular weight is 386 g/mol. The number of fused-ring (bicyclic) bond motifs is 1. The molecule has 2 aromatic rings. The van der Waals surface area contributed by atoms with Gasteiger partial charge in [-0.3, -0.25) is 19.7 Å². The highest BCUT2D eigenvalue weighted by molar-refractivity contribution is 8.01. The van der Waals surface area contributed by atoms with Crippen molar-refractivity contribution in [1.82, 2.24) is 5.32 Å². The second-order valence-corrected chi connectivity index (χ2v) is 7.09. The van der Waals surface area contributed by atoms with Gasteiger partial charge >= 0.3 is 0 Å². The first-order valence-electron chi connectivity index (χ1n) is 8.35. The van der Waals surface area contributed by atoms with Crippen molar-refractivity contribution in [2.24, 2.45) is 0 Å². The van der Waals surface area contributed by atoms with Crippen LogP contribution in [0.15, 0.2) is 53.4 Å². The van der Waals surface area contributed by atoms with E-state index in [1.165, 1.54) is 17.8 Å². The van der Waals surface area contributed by atoms with Crippen molar-refractivity contribution in [2.45, 2.75) is 16.6 Å². The van der Waals surface area contributed by atoms with Gasteiger partial charge in [0.1, 0.15) is 5.69 Å². The van der Waals surface area contributed by atoms with Crippen LogP contribution in [0.3, 0.4) is 0 Å². The predicted octanol–water partition coefficient (Wildman–Crippen LogP) is 2.63. The number of carbonyl (C=O) groups is 2. The zero-order valence-corrected chi connectivity index (χ0v) is 15.1. The largest absolute Gasteiger partial charge is 0.378 e. The van der Waals surface area contributed by atoms with Crippen molar-refractivity contribution in [1.29, 1.82) is 0 Å². The zero-order valence-electron chi connectivity index (χ0n) is 14.3. The van der Waals surface area contributed by atoms with Crippen molar-refractivity contribution >= 4 is 40.6 Å². The maximum Gasteiger partial charge on any atom is 0.292 e. The van der Waals surface area contributed by atoms with Crippen LogP contribution in [-0.2, 0) is 9.59 Å². The van der Waals surface area contributed by atoms with Gasteiger partial charge in [0, 0.05) is 30.5 Å². The highest BCUT2D eigenvalue weighted by Gasteiger charge is 2.28. The van der Waals surface area contributed by atoms with Crippen molar-refractivity contribution in [3.63, 3.8) is 0 Å². The number of nitro benzene ring substituents is 1. The Kier molecular flexibility index (Phi) is 5.92. The molecule has 0 unspecified atom stereocenters. The fourth-order valence-electron chi connectivity index (χ4n) is 2.65. The molecule has 1 atom stereocenters. The van der Waals surface area contributed by atoms with E-state index in [0.717, 1.165) is 10.6 Å². The molecule has 1 aliphatic rings. The second-order valence-electron chi connectivity index (χ2n) is 5.85. The van der Waals surface area contributed by atoms with Crippen LogP contribution in [0.1, 0.15) is 6.42 Å². The third-order valence-corrected chi connectivity index (χ3v) is 5.22. The lowest BCUT2D eigenvalue weighted by Gasteiger charge is -2.23. The van der Waals surface area contributed by atoms with Gasteiger partial charge in [-0.1, -0.05) is 24.3 Å². The van der Waals surface area contributed by atoms with Gasteiger partial charge in [-0.15, -0.1) is 11.8 Å². The van der Waals surface area contributed by atoms with Crippen LogP contribution in [0.5, 0.6) is 0 Å². The lowest BCUT2D eigenvalue weighted by molar-refractivity contribution is -0.384. The Bertz CT molecular complexity index is 874. The first-order valence-corrected chi connectivity index (χ1v) is 9.23. The molecule has 2 aromatic carbocycles. The summed E-state index contributed by atoms with van der Waals surface area (Å²) < 4.78 is 0. The minimum atomic E-state index is -0.483. The van der Waals surface area contributed by atoms with Gasteiger partial charge in [-0.05, 0) is 18.2 Å². The molecule has 0 fully saturated rings. The van der Waals surface area contributed by atoms with Crippen LogP contribution < -0.4 is 16.0 Å². The zero-order chi connectivity index (χ0) is 19.2. The molecule has 8 nitrogen and oxygen atoms in total. The predicted molar refractivity (Wildman–Crippen MR) is 104 cm³/mol. The van der Waals surface area contributed by atoms with Gasteiger partial charge in [0.05, 0.1) is 15.9 Å². The number of thioether (sulfide) groups is 1. The Hall–Kier alpha value is -3.07. The van der Waals surface area contributed by atoms with E-state index in [-0.39, 0.29) is 23.9 Å². The second kappa shape index (κ2) is 8.54. The van der Waals surface area contributed by atoms with E-state index in [0.29, 0.717) is 18.8 Å². The lowest BCUT2D eigenvalue weighted by Crippen LogP contribution is -2.36. The summed E-state index contributed by atoms with van der Waals surface area (Å²) in [5.41, 5.74) is 1.14. The van der Waals surface area contributed by atoms with Crippen LogP contribution in [0.25, 0.3) is 0 Å². The Labute approximate surface area is 159 Å². The van der Waals surface area contributed by atoms with Crippen LogP contribution in [0.4, 0.5) is 17.1 Å². The quantitative estimate of drug-likeness (QED) is 0.383. The van der Waals surface area contributed by atoms with Gasteiger partial charge in [-0.25, -0.2) is 0 Å². The van der Waals surface area contributed by atoms with E-state index in [1.54, 1.807) is 18.2 Å². The molecular weight excluding hydrogens is 368 g/mol. The van der Waals surface area contributed by atoms with E-state index in [1.807, 2.05) is 24.3 Å². The third kappa shape index (κ3) is 4.76. The minimum absolute atomic E-state index is 0.0160. The number of nitro groups is 1. The number of hydrogen-bond donors (Lipinski definition) is 3. The molecule has 0 spiro atoms. The van der Waals surface area contributed by atoms with Crippen LogP contribution in [0, 0.1) is 10.1 Å². The summed E-state index contributed by atoms with van der Waals surface area (Å²) in [6, 6.07) is 13.8. The summed E-state index contributed by atoms with van der Waals surface area (Å²) in [4.78, 5) is 35.7. The fraction of sp³-hybridized carbons (Fsp3) is 0.222.